The van der Waals surface area contributed by atoms with E-state index in [1.165, 1.54) is 24.5 Å². The molecule has 2 aromatic heterocycles. The van der Waals surface area contributed by atoms with Crippen LogP contribution in [0.5, 0.6) is 23.0 Å². The summed E-state index contributed by atoms with van der Waals surface area (Å²) in [6, 6.07) is 36.9. The van der Waals surface area contributed by atoms with Gasteiger partial charge in [0, 0.05) is 63.0 Å². The number of ether oxygens (including phenoxy) is 4. The van der Waals surface area contributed by atoms with Crippen LogP contribution in [0.2, 0.25) is 0 Å². The van der Waals surface area contributed by atoms with Crippen molar-refractivity contribution < 1.29 is 38.7 Å². The molecule has 68 heavy (non-hydrogen) atoms. The van der Waals surface area contributed by atoms with Crippen molar-refractivity contribution in [2.75, 3.05) is 63.8 Å². The zero-order chi connectivity index (χ0) is 47.3. The van der Waals surface area contributed by atoms with Crippen molar-refractivity contribution in [2.24, 2.45) is 0 Å². The molecular weight excluding hydrogens is 869 g/mol. The van der Waals surface area contributed by atoms with E-state index in [-0.39, 0.29) is 37.7 Å². The Morgan fingerprint density at radius 2 is 0.897 bits per heavy atom. The lowest BCUT2D eigenvalue weighted by Gasteiger charge is -2.49. The number of hydrogen-bond acceptors (Lipinski definition) is 12. The number of rotatable bonds is 6. The summed E-state index contributed by atoms with van der Waals surface area (Å²) in [5.41, 5.74) is 2.29. The van der Waals surface area contributed by atoms with Gasteiger partial charge in [-0.05, 0) is 35.4 Å². The molecule has 4 aliphatic rings. The van der Waals surface area contributed by atoms with Gasteiger partial charge in [-0.2, -0.15) is 0 Å². The Labute approximate surface area is 391 Å². The van der Waals surface area contributed by atoms with Gasteiger partial charge in [0.05, 0.1) is 13.2 Å². The molecule has 348 valence electrons. The lowest BCUT2D eigenvalue weighted by molar-refractivity contribution is 0.0384. The lowest BCUT2D eigenvalue weighted by Crippen LogP contribution is -2.64. The van der Waals surface area contributed by atoms with Gasteiger partial charge in [0.1, 0.15) is 49.1 Å². The smallest absolute Gasteiger partial charge is 0.278 e. The maximum absolute atomic E-state index is 13.6. The monoisotopic (exact) mass is 918 g/mol. The van der Waals surface area contributed by atoms with Gasteiger partial charge in [0.2, 0.25) is 10.9 Å². The Morgan fingerprint density at radius 3 is 1.29 bits per heavy atom. The molecule has 0 saturated carbocycles. The number of carbonyl (C=O) groups is 2. The highest BCUT2D eigenvalue weighted by molar-refractivity contribution is 5.97. The number of hydrogen-bond donors (Lipinski definition) is 2. The van der Waals surface area contributed by atoms with Gasteiger partial charge >= 0.3 is 0 Å². The first-order valence-corrected chi connectivity index (χ1v) is 22.1. The number of para-hydroxylation sites is 2. The number of benzene rings is 4. The van der Waals surface area contributed by atoms with Crippen LogP contribution in [0.1, 0.15) is 55.3 Å². The van der Waals surface area contributed by atoms with E-state index in [0.29, 0.717) is 24.7 Å². The van der Waals surface area contributed by atoms with Gasteiger partial charge in [-0.1, -0.05) is 109 Å². The quantitative estimate of drug-likeness (QED) is 0.207. The third-order valence-electron chi connectivity index (χ3n) is 12.3. The fourth-order valence-electron chi connectivity index (χ4n) is 9.25. The third kappa shape index (κ3) is 8.35. The molecule has 10 rings (SSSR count). The van der Waals surface area contributed by atoms with E-state index in [0.717, 1.165) is 22.3 Å². The number of pyridine rings is 2. The predicted molar refractivity (Wildman–Crippen MR) is 253 cm³/mol. The maximum Gasteiger partial charge on any atom is 0.278 e. The number of amides is 2. The third-order valence-corrected chi connectivity index (χ3v) is 12.3. The Bertz CT molecular complexity index is 2770. The van der Waals surface area contributed by atoms with Crippen LogP contribution < -0.4 is 30.3 Å². The summed E-state index contributed by atoms with van der Waals surface area (Å²) in [5, 5.41) is 25.3. The van der Waals surface area contributed by atoms with Gasteiger partial charge in [-0.3, -0.25) is 38.5 Å². The molecule has 6 aromatic rings. The first kappa shape index (κ1) is 45.1. The Balaban J connectivity index is 0.000000170. The second-order valence-corrected chi connectivity index (χ2v) is 16.3. The number of carbonyl (C=O) groups excluding carboxylic acids is 2. The first-order chi connectivity index (χ1) is 33.2. The van der Waals surface area contributed by atoms with Gasteiger partial charge in [-0.25, -0.2) is 0 Å². The van der Waals surface area contributed by atoms with Gasteiger partial charge < -0.3 is 39.0 Å². The molecular formula is C52H50N6O10. The predicted octanol–water partition coefficient (Wildman–Crippen LogP) is 5.32. The highest BCUT2D eigenvalue weighted by Crippen LogP contribution is 2.41. The standard InChI is InChI=1S/2C26H25N3O5/c2*1-33-17-22-27-14-7-8-16-34-21-12-6-5-11-19(21)23(18-9-3-2-4-10-18)29(22)28-15-13-20(30)25(31)24(28)26(27)32/h2*2-13,15,22-23,31H,14,16-17H2,1H3/b2*8-7-/t2*22-,23-/m10/s1. The van der Waals surface area contributed by atoms with Crippen LogP contribution in [0.4, 0.5) is 0 Å². The van der Waals surface area contributed by atoms with Crippen molar-refractivity contribution in [3.8, 4) is 23.0 Å². The summed E-state index contributed by atoms with van der Waals surface area (Å²) >= 11 is 0. The molecule has 0 unspecified atom stereocenters. The minimum atomic E-state index is -0.607. The van der Waals surface area contributed by atoms with E-state index in [4.69, 9.17) is 18.9 Å². The van der Waals surface area contributed by atoms with Crippen molar-refractivity contribution in [1.29, 1.82) is 0 Å². The van der Waals surface area contributed by atoms with E-state index in [1.54, 1.807) is 33.4 Å². The molecule has 6 heterocycles. The zero-order valence-electron chi connectivity index (χ0n) is 37.4. The van der Waals surface area contributed by atoms with Crippen molar-refractivity contribution in [3.05, 3.63) is 212 Å². The molecule has 4 aliphatic heterocycles. The van der Waals surface area contributed by atoms with Crippen molar-refractivity contribution in [2.45, 2.75) is 24.4 Å². The van der Waals surface area contributed by atoms with Crippen molar-refractivity contribution in [3.63, 3.8) is 0 Å². The van der Waals surface area contributed by atoms with Crippen LogP contribution in [-0.2, 0) is 9.47 Å². The Kier molecular flexibility index (Phi) is 13.1. The summed E-state index contributed by atoms with van der Waals surface area (Å²) in [5.74, 6) is -0.636. The minimum Gasteiger partial charge on any atom is -0.502 e. The van der Waals surface area contributed by atoms with E-state index >= 15 is 0 Å². The molecule has 4 atom stereocenters. The van der Waals surface area contributed by atoms with Gasteiger partial charge in [-0.15, -0.1) is 0 Å². The van der Waals surface area contributed by atoms with Crippen molar-refractivity contribution >= 4 is 11.8 Å². The zero-order valence-corrected chi connectivity index (χ0v) is 37.4. The number of nitrogens with zero attached hydrogens (tertiary/aromatic N) is 6. The van der Waals surface area contributed by atoms with Crippen LogP contribution in [-0.4, -0.2) is 107 Å². The largest absolute Gasteiger partial charge is 0.502 e. The fraction of sp³-hybridized carbons (Fsp3) is 0.231. The van der Waals surface area contributed by atoms with E-state index in [9.17, 15) is 29.4 Å². The molecule has 2 amide bonds. The summed E-state index contributed by atoms with van der Waals surface area (Å²) in [7, 11) is 3.17. The molecule has 0 aliphatic carbocycles. The van der Waals surface area contributed by atoms with Crippen LogP contribution in [0, 0.1) is 0 Å². The minimum absolute atomic E-state index is 0.0770. The molecule has 0 saturated heterocycles. The summed E-state index contributed by atoms with van der Waals surface area (Å²) in [6.07, 6.45) is 9.40. The van der Waals surface area contributed by atoms with Crippen LogP contribution in [0.25, 0.3) is 0 Å². The molecule has 16 nitrogen and oxygen atoms in total. The van der Waals surface area contributed by atoms with Crippen molar-refractivity contribution in [1.82, 2.24) is 19.2 Å². The number of aromatic hydroxyl groups is 2. The summed E-state index contributed by atoms with van der Waals surface area (Å²) in [6.45, 7) is 1.60. The molecule has 4 aromatic carbocycles. The van der Waals surface area contributed by atoms with Crippen LogP contribution >= 0.6 is 0 Å². The molecule has 2 N–H and O–H groups in total. The average Bonchev–Trinajstić information content (AvgIpc) is 3.39. The molecule has 16 heteroatoms. The number of aromatic nitrogens is 2. The summed E-state index contributed by atoms with van der Waals surface area (Å²) < 4.78 is 26.5. The second kappa shape index (κ2) is 19.8. The lowest BCUT2D eigenvalue weighted by atomic mass is 9.96. The average molecular weight is 919 g/mol. The van der Waals surface area contributed by atoms with Crippen LogP contribution in [0.3, 0.4) is 0 Å². The topological polar surface area (TPSA) is 168 Å². The Hall–Kier alpha value is -8.08. The highest BCUT2D eigenvalue weighted by Gasteiger charge is 2.45. The molecule has 0 spiro atoms. The SMILES string of the molecule is COC[C@@H]1N2C/C=C\COc3ccccc3[C@@H](c3ccccc3)N1n1ccc(=O)c(O)c1C2=O.COC[C@H]1N2C/C=C\COc3ccccc3[C@H](c3ccccc3)N1n1ccc(=O)c(O)c1C2=O. The first-order valence-electron chi connectivity index (χ1n) is 22.1. The van der Waals surface area contributed by atoms with Gasteiger partial charge in [0.25, 0.3) is 11.8 Å². The normalized spacial score (nSPS) is 20.6. The second-order valence-electron chi connectivity index (χ2n) is 16.3. The molecule has 4 bridgehead atoms. The summed E-state index contributed by atoms with van der Waals surface area (Å²) in [4.78, 5) is 55.1. The highest BCUT2D eigenvalue weighted by atomic mass is 16.5. The Morgan fingerprint density at radius 1 is 0.515 bits per heavy atom. The maximum atomic E-state index is 13.6. The fourth-order valence-corrected chi connectivity index (χ4v) is 9.25. The van der Waals surface area contributed by atoms with E-state index < -0.39 is 58.6 Å². The number of fused-ring (bicyclic) bond motifs is 10. The van der Waals surface area contributed by atoms with E-state index in [1.807, 2.05) is 144 Å². The number of methoxy groups -OCH3 is 2. The molecule has 0 radical (unpaired) electrons. The van der Waals surface area contributed by atoms with E-state index in [2.05, 4.69) is 0 Å². The van der Waals surface area contributed by atoms with Gasteiger partial charge in [0.15, 0.2) is 22.9 Å². The molecule has 0 fully saturated rings. The van der Waals surface area contributed by atoms with Crippen LogP contribution in [0.15, 0.2) is 168 Å².